The van der Waals surface area contributed by atoms with Crippen molar-refractivity contribution in [3.05, 3.63) is 29.6 Å². The lowest BCUT2D eigenvalue weighted by molar-refractivity contribution is 0.168. The van der Waals surface area contributed by atoms with Crippen LogP contribution in [0.3, 0.4) is 0 Å². The second-order valence-electron chi connectivity index (χ2n) is 6.04. The Morgan fingerprint density at radius 2 is 1.95 bits per heavy atom. The fourth-order valence-corrected chi connectivity index (χ4v) is 4.19. The molecule has 21 heavy (non-hydrogen) atoms. The lowest BCUT2D eigenvalue weighted by atomic mass is 9.79. The van der Waals surface area contributed by atoms with Crippen molar-refractivity contribution in [1.29, 1.82) is 0 Å². The number of hydrogen-bond acceptors (Lipinski definition) is 3. The largest absolute Gasteiger partial charge is 0.326 e. The maximum Gasteiger partial charge on any atom is 0.245 e. The molecule has 1 saturated heterocycles. The molecule has 1 aromatic carbocycles. The molecule has 2 N–H and O–H groups in total. The van der Waals surface area contributed by atoms with Crippen LogP contribution in [0, 0.1) is 11.2 Å². The Morgan fingerprint density at radius 1 is 1.33 bits per heavy atom. The zero-order valence-corrected chi connectivity index (χ0v) is 13.4. The molecule has 0 unspecified atom stereocenters. The zero-order valence-electron chi connectivity index (χ0n) is 12.6. The molecule has 1 aliphatic heterocycles. The Hall–Kier alpha value is -0.980. The molecule has 4 nitrogen and oxygen atoms in total. The molecule has 0 spiro atoms. The van der Waals surface area contributed by atoms with E-state index in [0.29, 0.717) is 18.7 Å². The third-order valence-corrected chi connectivity index (χ3v) is 6.55. The van der Waals surface area contributed by atoms with Crippen LogP contribution < -0.4 is 5.73 Å². The molecule has 0 radical (unpaired) electrons. The Bertz CT molecular complexity index is 608. The Balaban J connectivity index is 2.27. The van der Waals surface area contributed by atoms with Crippen molar-refractivity contribution in [3.63, 3.8) is 0 Å². The molecule has 0 atom stereocenters. The van der Waals surface area contributed by atoms with E-state index in [0.717, 1.165) is 19.3 Å². The van der Waals surface area contributed by atoms with Crippen LogP contribution in [0.1, 0.15) is 38.7 Å². The van der Waals surface area contributed by atoms with E-state index in [2.05, 4.69) is 13.8 Å². The first-order chi connectivity index (χ1) is 9.82. The Kier molecular flexibility index (Phi) is 4.70. The van der Waals surface area contributed by atoms with Gasteiger partial charge in [-0.3, -0.25) is 0 Å². The second kappa shape index (κ2) is 6.02. The SMILES string of the molecule is CCC1(C)CCN(S(=O)(=O)c2cc(CN)ccc2F)CC1. The normalized spacial score (nSPS) is 19.6. The van der Waals surface area contributed by atoms with Crippen molar-refractivity contribution in [1.82, 2.24) is 4.31 Å². The smallest absolute Gasteiger partial charge is 0.245 e. The van der Waals surface area contributed by atoms with Gasteiger partial charge in [-0.1, -0.05) is 26.3 Å². The van der Waals surface area contributed by atoms with Gasteiger partial charge in [0, 0.05) is 19.6 Å². The lowest BCUT2D eigenvalue weighted by Gasteiger charge is -2.38. The summed E-state index contributed by atoms with van der Waals surface area (Å²) in [4.78, 5) is -0.259. The zero-order chi connectivity index (χ0) is 15.7. The van der Waals surface area contributed by atoms with E-state index in [1.807, 2.05) is 0 Å². The van der Waals surface area contributed by atoms with Crippen molar-refractivity contribution < 1.29 is 12.8 Å². The van der Waals surface area contributed by atoms with Crippen molar-refractivity contribution in [2.24, 2.45) is 11.1 Å². The van der Waals surface area contributed by atoms with Gasteiger partial charge in [-0.25, -0.2) is 12.8 Å². The highest BCUT2D eigenvalue weighted by Crippen LogP contribution is 2.36. The summed E-state index contributed by atoms with van der Waals surface area (Å²) in [5, 5.41) is 0. The van der Waals surface area contributed by atoms with Gasteiger partial charge in [0.05, 0.1) is 0 Å². The summed E-state index contributed by atoms with van der Waals surface area (Å²) in [6.07, 6.45) is 2.64. The van der Waals surface area contributed by atoms with Gasteiger partial charge < -0.3 is 5.73 Å². The minimum Gasteiger partial charge on any atom is -0.326 e. The molecule has 1 heterocycles. The van der Waals surface area contributed by atoms with E-state index in [4.69, 9.17) is 5.73 Å². The summed E-state index contributed by atoms with van der Waals surface area (Å²) in [5.41, 5.74) is 6.31. The van der Waals surface area contributed by atoms with E-state index < -0.39 is 15.8 Å². The first-order valence-corrected chi connectivity index (χ1v) is 8.75. The highest BCUT2D eigenvalue weighted by molar-refractivity contribution is 7.89. The molecule has 1 aliphatic rings. The van der Waals surface area contributed by atoms with E-state index in [1.54, 1.807) is 0 Å². The van der Waals surface area contributed by atoms with Gasteiger partial charge >= 0.3 is 0 Å². The molecule has 0 aliphatic carbocycles. The molecule has 0 saturated carbocycles. The number of halogens is 1. The van der Waals surface area contributed by atoms with Crippen LogP contribution in [0.5, 0.6) is 0 Å². The van der Waals surface area contributed by atoms with Gasteiger partial charge in [-0.15, -0.1) is 0 Å². The van der Waals surface area contributed by atoms with Crippen LogP contribution >= 0.6 is 0 Å². The van der Waals surface area contributed by atoms with Crippen LogP contribution in [0.4, 0.5) is 4.39 Å². The van der Waals surface area contributed by atoms with E-state index in [1.165, 1.54) is 22.5 Å². The van der Waals surface area contributed by atoms with E-state index >= 15 is 0 Å². The standard InChI is InChI=1S/C15H23FN2O2S/c1-3-15(2)6-8-18(9-7-15)21(19,20)14-10-12(11-17)4-5-13(14)16/h4-5,10H,3,6-9,11,17H2,1-2H3. The van der Waals surface area contributed by atoms with Crippen LogP contribution in [0.2, 0.25) is 0 Å². The molecule has 0 bridgehead atoms. The van der Waals surface area contributed by atoms with E-state index in [-0.39, 0.29) is 16.9 Å². The predicted molar refractivity (Wildman–Crippen MR) is 80.7 cm³/mol. The first-order valence-electron chi connectivity index (χ1n) is 7.31. The minimum absolute atomic E-state index is 0.184. The topological polar surface area (TPSA) is 63.4 Å². The maximum absolute atomic E-state index is 13.9. The fourth-order valence-electron chi connectivity index (χ4n) is 2.63. The number of hydrogen-bond donors (Lipinski definition) is 1. The second-order valence-corrected chi connectivity index (χ2v) is 7.94. The van der Waals surface area contributed by atoms with Crippen molar-refractivity contribution >= 4 is 10.0 Å². The summed E-state index contributed by atoms with van der Waals surface area (Å²) in [5.74, 6) is -0.712. The van der Waals surface area contributed by atoms with Crippen molar-refractivity contribution in [3.8, 4) is 0 Å². The molecular formula is C15H23FN2O2S. The predicted octanol–water partition coefficient (Wildman–Crippen LogP) is 2.49. The number of rotatable bonds is 4. The Morgan fingerprint density at radius 3 is 2.48 bits per heavy atom. The molecule has 2 rings (SSSR count). The summed E-state index contributed by atoms with van der Waals surface area (Å²) in [7, 11) is -3.78. The Labute approximate surface area is 126 Å². The summed E-state index contributed by atoms with van der Waals surface area (Å²) >= 11 is 0. The van der Waals surface area contributed by atoms with Gasteiger partial charge in [0.15, 0.2) is 0 Å². The molecule has 0 aromatic heterocycles. The van der Waals surface area contributed by atoms with Gasteiger partial charge in [0.1, 0.15) is 10.7 Å². The number of benzene rings is 1. The summed E-state index contributed by atoms with van der Waals surface area (Å²) in [6.45, 7) is 5.37. The van der Waals surface area contributed by atoms with Crippen LogP contribution in [0.25, 0.3) is 0 Å². The number of sulfonamides is 1. The summed E-state index contributed by atoms with van der Waals surface area (Å²) < 4.78 is 40.6. The third-order valence-electron chi connectivity index (χ3n) is 4.63. The lowest BCUT2D eigenvalue weighted by Crippen LogP contribution is -2.42. The van der Waals surface area contributed by atoms with Gasteiger partial charge in [-0.05, 0) is 36.0 Å². The molecule has 1 aromatic rings. The average Bonchev–Trinajstić information content (AvgIpc) is 2.48. The molecular weight excluding hydrogens is 291 g/mol. The minimum atomic E-state index is -3.78. The first kappa shape index (κ1) is 16.4. The number of nitrogens with zero attached hydrogens (tertiary/aromatic N) is 1. The highest BCUT2D eigenvalue weighted by atomic mass is 32.2. The molecule has 1 fully saturated rings. The van der Waals surface area contributed by atoms with Crippen LogP contribution in [-0.2, 0) is 16.6 Å². The summed E-state index contributed by atoms with van der Waals surface area (Å²) in [6, 6.07) is 4.03. The van der Waals surface area contributed by atoms with Crippen molar-refractivity contribution in [2.45, 2.75) is 44.6 Å². The van der Waals surface area contributed by atoms with Crippen molar-refractivity contribution in [2.75, 3.05) is 13.1 Å². The van der Waals surface area contributed by atoms with Gasteiger partial charge in [0.25, 0.3) is 0 Å². The number of piperidine rings is 1. The number of nitrogens with two attached hydrogens (primary N) is 1. The molecule has 0 amide bonds. The van der Waals surface area contributed by atoms with Gasteiger partial charge in [-0.2, -0.15) is 4.31 Å². The highest BCUT2D eigenvalue weighted by Gasteiger charge is 2.35. The molecule has 118 valence electrons. The van der Waals surface area contributed by atoms with Crippen LogP contribution in [0.15, 0.2) is 23.1 Å². The third kappa shape index (κ3) is 3.27. The fraction of sp³-hybridized carbons (Fsp3) is 0.600. The molecule has 6 heteroatoms. The van der Waals surface area contributed by atoms with E-state index in [9.17, 15) is 12.8 Å². The van der Waals surface area contributed by atoms with Crippen LogP contribution in [-0.4, -0.2) is 25.8 Å². The maximum atomic E-state index is 13.9. The monoisotopic (exact) mass is 314 g/mol. The average molecular weight is 314 g/mol. The van der Waals surface area contributed by atoms with Gasteiger partial charge in [0.2, 0.25) is 10.0 Å². The quantitative estimate of drug-likeness (QED) is 0.928.